The Labute approximate surface area is 114 Å². The van der Waals surface area contributed by atoms with Gasteiger partial charge in [0.1, 0.15) is 5.78 Å². The zero-order valence-electron chi connectivity index (χ0n) is 11.5. The minimum absolute atomic E-state index is 0.131. The van der Waals surface area contributed by atoms with E-state index in [-0.39, 0.29) is 6.61 Å². The summed E-state index contributed by atoms with van der Waals surface area (Å²) in [5, 5.41) is 0. The molecule has 0 aromatic heterocycles. The highest BCUT2D eigenvalue weighted by Crippen LogP contribution is 2.50. The first kappa shape index (κ1) is 16.3. The van der Waals surface area contributed by atoms with E-state index in [0.717, 1.165) is 5.56 Å². The van der Waals surface area contributed by atoms with Crippen LogP contribution in [0.25, 0.3) is 0 Å². The highest BCUT2D eigenvalue weighted by molar-refractivity contribution is 7.54. The largest absolute Gasteiger partial charge is 0.374 e. The number of hydrogen-bond donors (Lipinski definition) is 1. The van der Waals surface area contributed by atoms with Crippen LogP contribution in [0.15, 0.2) is 30.3 Å². The molecule has 0 heterocycles. The van der Waals surface area contributed by atoms with Crippen molar-refractivity contribution >= 4 is 7.60 Å². The summed E-state index contributed by atoms with van der Waals surface area (Å²) < 4.78 is 28.1. The maximum Gasteiger partial charge on any atom is 0.349 e. The number of hydrogen-bond acceptors (Lipinski definition) is 5. The summed E-state index contributed by atoms with van der Waals surface area (Å²) >= 11 is 0. The summed E-state index contributed by atoms with van der Waals surface area (Å²) in [5.41, 5.74) is 6.89. The summed E-state index contributed by atoms with van der Waals surface area (Å²) in [6.45, 7) is 4.65. The lowest BCUT2D eigenvalue weighted by molar-refractivity contribution is 0.109. The maximum atomic E-state index is 12.3. The van der Waals surface area contributed by atoms with Gasteiger partial charge in [0.2, 0.25) is 0 Å². The van der Waals surface area contributed by atoms with E-state index >= 15 is 0 Å². The van der Waals surface area contributed by atoms with E-state index in [1.807, 2.05) is 30.3 Å². The van der Waals surface area contributed by atoms with E-state index in [0.29, 0.717) is 19.8 Å². The average molecular weight is 287 g/mol. The second kappa shape index (κ2) is 8.46. The highest BCUT2D eigenvalue weighted by atomic mass is 31.2. The molecule has 0 aliphatic heterocycles. The van der Waals surface area contributed by atoms with Crippen LogP contribution in [0.5, 0.6) is 0 Å². The molecule has 1 rings (SSSR count). The van der Waals surface area contributed by atoms with E-state index in [4.69, 9.17) is 19.5 Å². The van der Waals surface area contributed by atoms with Crippen molar-refractivity contribution in [2.24, 2.45) is 5.73 Å². The van der Waals surface area contributed by atoms with Gasteiger partial charge in [-0.05, 0) is 19.4 Å². The standard InChI is InChI=1S/C13H22NO4P/c1-3-17-19(15,18-4-2)13(14)11-16-10-12-8-6-5-7-9-12/h5-9,13H,3-4,10-11,14H2,1-2H3/t13-/m0/s1. The van der Waals surface area contributed by atoms with Crippen molar-refractivity contribution in [1.29, 1.82) is 0 Å². The van der Waals surface area contributed by atoms with Crippen LogP contribution in [0, 0.1) is 0 Å². The fraction of sp³-hybridized carbons (Fsp3) is 0.538. The molecule has 1 aromatic carbocycles. The lowest BCUT2D eigenvalue weighted by atomic mass is 10.2. The molecule has 0 aliphatic rings. The van der Waals surface area contributed by atoms with Gasteiger partial charge in [-0.15, -0.1) is 0 Å². The Kier molecular flexibility index (Phi) is 7.28. The van der Waals surface area contributed by atoms with Crippen LogP contribution in [-0.2, 0) is 25.0 Å². The maximum absolute atomic E-state index is 12.3. The number of ether oxygens (including phenoxy) is 1. The third-order valence-corrected chi connectivity index (χ3v) is 4.62. The number of benzene rings is 1. The Morgan fingerprint density at radius 3 is 2.26 bits per heavy atom. The van der Waals surface area contributed by atoms with Crippen molar-refractivity contribution in [3.63, 3.8) is 0 Å². The first-order valence-electron chi connectivity index (χ1n) is 6.38. The Balaban J connectivity index is 2.44. The fourth-order valence-electron chi connectivity index (χ4n) is 1.55. The normalized spacial score (nSPS) is 13.4. The molecule has 0 fully saturated rings. The van der Waals surface area contributed by atoms with Crippen molar-refractivity contribution in [2.45, 2.75) is 26.2 Å². The third-order valence-electron chi connectivity index (χ3n) is 2.42. The number of rotatable bonds is 9. The molecular formula is C13H22NO4P. The van der Waals surface area contributed by atoms with Gasteiger partial charge < -0.3 is 19.5 Å². The Hall–Kier alpha value is -0.710. The molecule has 0 unspecified atom stereocenters. The summed E-state index contributed by atoms with van der Waals surface area (Å²) in [6.07, 6.45) is 0. The van der Waals surface area contributed by atoms with Gasteiger partial charge in [0, 0.05) is 0 Å². The average Bonchev–Trinajstić information content (AvgIpc) is 2.40. The zero-order chi connectivity index (χ0) is 14.1. The van der Waals surface area contributed by atoms with Gasteiger partial charge in [0.15, 0.2) is 0 Å². The molecule has 0 bridgehead atoms. The Bertz CT molecular complexity index is 389. The molecule has 5 nitrogen and oxygen atoms in total. The van der Waals surface area contributed by atoms with Crippen LogP contribution in [0.1, 0.15) is 19.4 Å². The topological polar surface area (TPSA) is 70.8 Å². The molecule has 1 atom stereocenters. The lowest BCUT2D eigenvalue weighted by Gasteiger charge is -2.22. The molecule has 6 heteroatoms. The van der Waals surface area contributed by atoms with Crippen molar-refractivity contribution in [1.82, 2.24) is 0 Å². The molecule has 1 aromatic rings. The van der Waals surface area contributed by atoms with E-state index in [1.165, 1.54) is 0 Å². The molecule has 0 amide bonds. The van der Waals surface area contributed by atoms with Gasteiger partial charge in [-0.3, -0.25) is 4.57 Å². The summed E-state index contributed by atoms with van der Waals surface area (Å²) in [4.78, 5) is 0. The minimum Gasteiger partial charge on any atom is -0.374 e. The molecule has 0 spiro atoms. The van der Waals surface area contributed by atoms with Gasteiger partial charge in [0.25, 0.3) is 0 Å². The second-order valence-electron chi connectivity index (χ2n) is 3.94. The van der Waals surface area contributed by atoms with Crippen LogP contribution in [-0.4, -0.2) is 25.6 Å². The van der Waals surface area contributed by atoms with Gasteiger partial charge in [0.05, 0.1) is 26.4 Å². The monoisotopic (exact) mass is 287 g/mol. The van der Waals surface area contributed by atoms with Crippen LogP contribution in [0.3, 0.4) is 0 Å². The minimum atomic E-state index is -3.28. The van der Waals surface area contributed by atoms with Crippen molar-refractivity contribution in [3.8, 4) is 0 Å². The first-order chi connectivity index (χ1) is 9.12. The highest BCUT2D eigenvalue weighted by Gasteiger charge is 2.32. The third kappa shape index (κ3) is 5.43. The molecular weight excluding hydrogens is 265 g/mol. The predicted molar refractivity (Wildman–Crippen MR) is 74.9 cm³/mol. The van der Waals surface area contributed by atoms with Crippen molar-refractivity contribution < 1.29 is 18.3 Å². The summed E-state index contributed by atoms with van der Waals surface area (Å²) in [5.74, 6) is -0.767. The first-order valence-corrected chi connectivity index (χ1v) is 7.99. The second-order valence-corrected chi connectivity index (χ2v) is 6.20. The molecule has 19 heavy (non-hydrogen) atoms. The molecule has 0 radical (unpaired) electrons. The van der Waals surface area contributed by atoms with E-state index in [2.05, 4.69) is 0 Å². The fourth-order valence-corrected chi connectivity index (χ4v) is 3.02. The quantitative estimate of drug-likeness (QED) is 0.707. The van der Waals surface area contributed by atoms with Crippen LogP contribution in [0.2, 0.25) is 0 Å². The Morgan fingerprint density at radius 1 is 1.16 bits per heavy atom. The SMILES string of the molecule is CCOP(=O)(OCC)[C@H](N)COCc1ccccc1. The van der Waals surface area contributed by atoms with Crippen molar-refractivity contribution in [3.05, 3.63) is 35.9 Å². The van der Waals surface area contributed by atoms with Crippen LogP contribution >= 0.6 is 7.60 Å². The molecule has 0 saturated heterocycles. The van der Waals surface area contributed by atoms with E-state index in [9.17, 15) is 4.57 Å². The van der Waals surface area contributed by atoms with E-state index < -0.39 is 13.4 Å². The Morgan fingerprint density at radius 2 is 1.74 bits per heavy atom. The summed E-state index contributed by atoms with van der Waals surface area (Å²) in [6, 6.07) is 9.72. The zero-order valence-corrected chi connectivity index (χ0v) is 12.3. The van der Waals surface area contributed by atoms with Gasteiger partial charge >= 0.3 is 7.60 Å². The number of nitrogens with two attached hydrogens (primary N) is 1. The van der Waals surface area contributed by atoms with Gasteiger partial charge in [-0.2, -0.15) is 0 Å². The lowest BCUT2D eigenvalue weighted by Crippen LogP contribution is -2.28. The van der Waals surface area contributed by atoms with Gasteiger partial charge in [-0.1, -0.05) is 30.3 Å². The molecule has 0 saturated carbocycles. The molecule has 0 aliphatic carbocycles. The molecule has 108 valence electrons. The van der Waals surface area contributed by atoms with Crippen molar-refractivity contribution in [2.75, 3.05) is 19.8 Å². The smallest absolute Gasteiger partial charge is 0.349 e. The summed E-state index contributed by atoms with van der Waals surface area (Å²) in [7, 11) is -3.28. The predicted octanol–water partition coefficient (Wildman–Crippen LogP) is 2.75. The molecule has 2 N–H and O–H groups in total. The van der Waals surface area contributed by atoms with Crippen LogP contribution < -0.4 is 5.73 Å². The van der Waals surface area contributed by atoms with E-state index in [1.54, 1.807) is 13.8 Å². The van der Waals surface area contributed by atoms with Crippen LogP contribution in [0.4, 0.5) is 0 Å². The van der Waals surface area contributed by atoms with Gasteiger partial charge in [-0.25, -0.2) is 0 Å².